The van der Waals surface area contributed by atoms with E-state index in [9.17, 15) is 0 Å². The van der Waals surface area contributed by atoms with E-state index in [4.69, 9.17) is 0 Å². The Morgan fingerprint density at radius 3 is 3.14 bits per heavy atom. The fourth-order valence-corrected chi connectivity index (χ4v) is 1.71. The molecular weight excluding hydrogens is 194 g/mol. The van der Waals surface area contributed by atoms with Gasteiger partial charge in [-0.15, -0.1) is 12.6 Å². The van der Waals surface area contributed by atoms with E-state index in [0.717, 1.165) is 28.9 Å². The van der Waals surface area contributed by atoms with Crippen molar-refractivity contribution in [2.24, 2.45) is 0 Å². The van der Waals surface area contributed by atoms with E-state index in [-0.39, 0.29) is 0 Å². The zero-order valence-electron chi connectivity index (χ0n) is 8.04. The number of rotatable bonds is 3. The van der Waals surface area contributed by atoms with Crippen LogP contribution in [0.1, 0.15) is 5.56 Å². The van der Waals surface area contributed by atoms with E-state index in [0.29, 0.717) is 0 Å². The van der Waals surface area contributed by atoms with Crippen molar-refractivity contribution < 1.29 is 0 Å². The summed E-state index contributed by atoms with van der Waals surface area (Å²) in [5.41, 5.74) is 2.35. The van der Waals surface area contributed by atoms with Crippen molar-refractivity contribution in [1.29, 1.82) is 0 Å². The number of hydrogen-bond donors (Lipinski definition) is 3. The highest BCUT2D eigenvalue weighted by Crippen LogP contribution is 2.20. The number of benzene rings is 1. The molecule has 3 nitrogen and oxygen atoms in total. The van der Waals surface area contributed by atoms with Crippen molar-refractivity contribution in [3.63, 3.8) is 0 Å². The number of thiol groups is 1. The Morgan fingerprint density at radius 2 is 2.36 bits per heavy atom. The van der Waals surface area contributed by atoms with Gasteiger partial charge in [0.1, 0.15) is 5.03 Å². The standard InChI is InChI=1S/C10H13N3S/c1-11-5-4-7-2-3-9-8(6-7)10(14)13-12-9/h2-3,6,11H,4-5H2,1H3,(H2,12,13,14). The number of hydrogen-bond acceptors (Lipinski definition) is 3. The van der Waals surface area contributed by atoms with Crippen LogP contribution in [-0.2, 0) is 6.42 Å². The van der Waals surface area contributed by atoms with E-state index in [2.05, 4.69) is 40.3 Å². The summed E-state index contributed by atoms with van der Waals surface area (Å²) in [7, 11) is 1.96. The van der Waals surface area contributed by atoms with Gasteiger partial charge in [-0.1, -0.05) is 6.07 Å². The van der Waals surface area contributed by atoms with E-state index in [1.807, 2.05) is 13.1 Å². The molecule has 74 valence electrons. The monoisotopic (exact) mass is 207 g/mol. The molecule has 2 rings (SSSR count). The first-order valence-corrected chi connectivity index (χ1v) is 5.06. The van der Waals surface area contributed by atoms with Gasteiger partial charge in [0.2, 0.25) is 0 Å². The van der Waals surface area contributed by atoms with Crippen molar-refractivity contribution in [2.45, 2.75) is 11.4 Å². The predicted molar refractivity (Wildman–Crippen MR) is 61.0 cm³/mol. The van der Waals surface area contributed by atoms with Crippen LogP contribution >= 0.6 is 12.6 Å². The van der Waals surface area contributed by atoms with Gasteiger partial charge in [-0.25, -0.2) is 0 Å². The van der Waals surface area contributed by atoms with Crippen molar-refractivity contribution in [3.8, 4) is 0 Å². The van der Waals surface area contributed by atoms with Gasteiger partial charge in [-0.05, 0) is 37.7 Å². The minimum atomic E-state index is 0.770. The van der Waals surface area contributed by atoms with Gasteiger partial charge in [0.15, 0.2) is 0 Å². The summed E-state index contributed by atoms with van der Waals surface area (Å²) in [5.74, 6) is 0. The molecule has 14 heavy (non-hydrogen) atoms. The van der Waals surface area contributed by atoms with E-state index >= 15 is 0 Å². The van der Waals surface area contributed by atoms with Gasteiger partial charge < -0.3 is 5.32 Å². The smallest absolute Gasteiger partial charge is 0.123 e. The molecule has 1 aromatic carbocycles. The molecule has 0 fully saturated rings. The van der Waals surface area contributed by atoms with Crippen LogP contribution in [0.5, 0.6) is 0 Å². The van der Waals surface area contributed by atoms with Crippen LogP contribution in [0.3, 0.4) is 0 Å². The lowest BCUT2D eigenvalue weighted by molar-refractivity contribution is 0.792. The fraction of sp³-hybridized carbons (Fsp3) is 0.300. The van der Waals surface area contributed by atoms with Crippen LogP contribution in [0.25, 0.3) is 10.9 Å². The Morgan fingerprint density at radius 1 is 1.50 bits per heavy atom. The van der Waals surface area contributed by atoms with Crippen LogP contribution < -0.4 is 5.32 Å². The molecule has 2 N–H and O–H groups in total. The molecule has 0 saturated heterocycles. The third kappa shape index (κ3) is 1.76. The molecule has 0 amide bonds. The molecule has 1 heterocycles. The SMILES string of the molecule is CNCCc1ccc2[nH]nc(S)c2c1. The maximum atomic E-state index is 4.28. The maximum absolute atomic E-state index is 4.28. The van der Waals surface area contributed by atoms with Gasteiger partial charge in [0.25, 0.3) is 0 Å². The summed E-state index contributed by atoms with van der Waals surface area (Å²) in [6.45, 7) is 0.991. The first kappa shape index (κ1) is 9.55. The average molecular weight is 207 g/mol. The lowest BCUT2D eigenvalue weighted by Gasteiger charge is -2.00. The van der Waals surface area contributed by atoms with Crippen LogP contribution in [0.4, 0.5) is 0 Å². The number of H-pyrrole nitrogens is 1. The highest BCUT2D eigenvalue weighted by Gasteiger charge is 2.02. The largest absolute Gasteiger partial charge is 0.319 e. The Bertz CT molecular complexity index is 436. The number of likely N-dealkylation sites (N-methyl/N-ethyl adjacent to an activating group) is 1. The molecule has 0 aliphatic rings. The predicted octanol–water partition coefficient (Wildman–Crippen LogP) is 1.61. The molecule has 0 aliphatic carbocycles. The zero-order chi connectivity index (χ0) is 9.97. The van der Waals surface area contributed by atoms with Crippen molar-refractivity contribution in [3.05, 3.63) is 23.8 Å². The second-order valence-corrected chi connectivity index (χ2v) is 3.70. The van der Waals surface area contributed by atoms with Crippen LogP contribution in [0.15, 0.2) is 23.2 Å². The third-order valence-electron chi connectivity index (χ3n) is 2.27. The van der Waals surface area contributed by atoms with Crippen molar-refractivity contribution in [2.75, 3.05) is 13.6 Å². The minimum absolute atomic E-state index is 0.770. The van der Waals surface area contributed by atoms with Crippen LogP contribution in [-0.4, -0.2) is 23.8 Å². The van der Waals surface area contributed by atoms with Gasteiger partial charge in [0.05, 0.1) is 5.52 Å². The Balaban J connectivity index is 2.34. The van der Waals surface area contributed by atoms with Crippen LogP contribution in [0, 0.1) is 0 Å². The zero-order valence-corrected chi connectivity index (χ0v) is 8.94. The Hall–Kier alpha value is -1.000. The number of aromatic amines is 1. The summed E-state index contributed by atoms with van der Waals surface area (Å²) in [5, 5.41) is 12.0. The molecule has 0 unspecified atom stereocenters. The lowest BCUT2D eigenvalue weighted by atomic mass is 10.1. The van der Waals surface area contributed by atoms with Gasteiger partial charge >= 0.3 is 0 Å². The quantitative estimate of drug-likeness (QED) is 0.669. The lowest BCUT2D eigenvalue weighted by Crippen LogP contribution is -2.10. The molecule has 2 aromatic rings. The number of aromatic nitrogens is 2. The number of fused-ring (bicyclic) bond motifs is 1. The maximum Gasteiger partial charge on any atom is 0.123 e. The molecule has 0 spiro atoms. The van der Waals surface area contributed by atoms with Gasteiger partial charge in [-0.3, -0.25) is 5.10 Å². The Kier molecular flexibility index (Phi) is 2.74. The molecule has 0 saturated carbocycles. The molecule has 0 aliphatic heterocycles. The molecule has 1 aromatic heterocycles. The summed E-state index contributed by atoms with van der Waals surface area (Å²) < 4.78 is 0. The molecule has 0 bridgehead atoms. The first-order valence-electron chi connectivity index (χ1n) is 4.62. The third-order valence-corrected chi connectivity index (χ3v) is 2.61. The topological polar surface area (TPSA) is 40.7 Å². The van der Waals surface area contributed by atoms with Crippen molar-refractivity contribution >= 4 is 23.5 Å². The second kappa shape index (κ2) is 4.02. The molecule has 0 atom stereocenters. The summed E-state index contributed by atoms with van der Waals surface area (Å²) in [6, 6.07) is 6.30. The average Bonchev–Trinajstić information content (AvgIpc) is 2.57. The van der Waals surface area contributed by atoms with E-state index in [1.165, 1.54) is 5.56 Å². The highest BCUT2D eigenvalue weighted by molar-refractivity contribution is 7.80. The van der Waals surface area contributed by atoms with Crippen LogP contribution in [0.2, 0.25) is 0 Å². The minimum Gasteiger partial charge on any atom is -0.319 e. The first-order chi connectivity index (χ1) is 6.81. The number of nitrogens with one attached hydrogen (secondary N) is 2. The van der Waals surface area contributed by atoms with E-state index in [1.54, 1.807) is 0 Å². The van der Waals surface area contributed by atoms with Gasteiger partial charge in [-0.2, -0.15) is 5.10 Å². The second-order valence-electron chi connectivity index (χ2n) is 3.28. The summed E-state index contributed by atoms with van der Waals surface area (Å²) in [4.78, 5) is 0. The van der Waals surface area contributed by atoms with Gasteiger partial charge in [0, 0.05) is 5.39 Å². The summed E-state index contributed by atoms with van der Waals surface area (Å²) >= 11 is 4.28. The normalized spacial score (nSPS) is 11.0. The highest BCUT2D eigenvalue weighted by atomic mass is 32.1. The molecule has 0 radical (unpaired) electrons. The Labute approximate surface area is 88.3 Å². The fourth-order valence-electron chi connectivity index (χ4n) is 1.47. The molecular formula is C10H13N3S. The van der Waals surface area contributed by atoms with Crippen molar-refractivity contribution in [1.82, 2.24) is 15.5 Å². The molecule has 4 heteroatoms. The number of nitrogens with zero attached hydrogens (tertiary/aromatic N) is 1. The van der Waals surface area contributed by atoms with E-state index < -0.39 is 0 Å². The summed E-state index contributed by atoms with van der Waals surface area (Å²) in [6.07, 6.45) is 1.03.